The second-order valence-corrected chi connectivity index (χ2v) is 6.95. The Morgan fingerprint density at radius 3 is 2.90 bits per heavy atom. The molecule has 5 heteroatoms. The molecule has 20 heavy (non-hydrogen) atoms. The predicted molar refractivity (Wildman–Crippen MR) is 85.1 cm³/mol. The van der Waals surface area contributed by atoms with Gasteiger partial charge in [0.2, 0.25) is 0 Å². The Labute approximate surface area is 123 Å². The maximum atomic E-state index is 5.90. The summed E-state index contributed by atoms with van der Waals surface area (Å²) < 4.78 is 0. The van der Waals surface area contributed by atoms with Crippen LogP contribution in [0.5, 0.6) is 0 Å². The lowest BCUT2D eigenvalue weighted by atomic mass is 9.79. The maximum Gasteiger partial charge on any atom is 0.138 e. The number of anilines is 1. The minimum atomic E-state index is 0.665. The number of rotatable bonds is 4. The third-order valence-electron chi connectivity index (χ3n) is 4.35. The average molecular weight is 290 g/mol. The minimum absolute atomic E-state index is 0.665. The third-order valence-corrected chi connectivity index (χ3v) is 5.31. The maximum absolute atomic E-state index is 5.90. The lowest BCUT2D eigenvalue weighted by molar-refractivity contribution is 0.255. The van der Waals surface area contributed by atoms with E-state index < -0.39 is 0 Å². The zero-order valence-electron chi connectivity index (χ0n) is 11.9. The molecular weight excluding hydrogens is 268 g/mol. The van der Waals surface area contributed by atoms with Gasteiger partial charge < -0.3 is 11.1 Å². The molecule has 1 saturated carbocycles. The van der Waals surface area contributed by atoms with E-state index >= 15 is 0 Å². The SMILES string of the molecule is Cc1cc2c(NCC3CCCCC3CN)ncnc2s1. The van der Waals surface area contributed by atoms with Crippen LogP contribution in [0.4, 0.5) is 5.82 Å². The molecule has 1 aliphatic rings. The number of nitrogens with one attached hydrogen (secondary N) is 1. The molecule has 4 nitrogen and oxygen atoms in total. The van der Waals surface area contributed by atoms with Crippen molar-refractivity contribution < 1.29 is 0 Å². The van der Waals surface area contributed by atoms with Crippen molar-refractivity contribution in [3.63, 3.8) is 0 Å². The van der Waals surface area contributed by atoms with Gasteiger partial charge in [0.25, 0.3) is 0 Å². The Morgan fingerprint density at radius 2 is 2.10 bits per heavy atom. The van der Waals surface area contributed by atoms with Crippen LogP contribution < -0.4 is 11.1 Å². The molecule has 0 saturated heterocycles. The summed E-state index contributed by atoms with van der Waals surface area (Å²) in [5.74, 6) is 2.32. The van der Waals surface area contributed by atoms with Crippen LogP contribution in [0.1, 0.15) is 30.6 Å². The lowest BCUT2D eigenvalue weighted by Crippen LogP contribution is -2.31. The Morgan fingerprint density at radius 1 is 1.30 bits per heavy atom. The van der Waals surface area contributed by atoms with Crippen molar-refractivity contribution in [2.75, 3.05) is 18.4 Å². The van der Waals surface area contributed by atoms with E-state index in [1.165, 1.54) is 30.6 Å². The van der Waals surface area contributed by atoms with Crippen LogP contribution in [-0.2, 0) is 0 Å². The second kappa shape index (κ2) is 6.06. The van der Waals surface area contributed by atoms with Gasteiger partial charge in [0, 0.05) is 11.4 Å². The predicted octanol–water partition coefficient (Wildman–Crippen LogP) is 3.18. The van der Waals surface area contributed by atoms with E-state index in [2.05, 4.69) is 28.3 Å². The number of nitrogens with two attached hydrogens (primary N) is 1. The van der Waals surface area contributed by atoms with Gasteiger partial charge in [-0.1, -0.05) is 12.8 Å². The van der Waals surface area contributed by atoms with E-state index in [-0.39, 0.29) is 0 Å². The fourth-order valence-electron chi connectivity index (χ4n) is 3.21. The van der Waals surface area contributed by atoms with Crippen molar-refractivity contribution in [1.82, 2.24) is 9.97 Å². The zero-order valence-corrected chi connectivity index (χ0v) is 12.7. The fraction of sp³-hybridized carbons (Fsp3) is 0.600. The highest BCUT2D eigenvalue weighted by molar-refractivity contribution is 7.18. The number of thiophene rings is 1. The van der Waals surface area contributed by atoms with Gasteiger partial charge in [-0.05, 0) is 44.2 Å². The number of fused-ring (bicyclic) bond motifs is 1. The van der Waals surface area contributed by atoms with Gasteiger partial charge in [0.05, 0.1) is 5.39 Å². The molecule has 2 atom stereocenters. The summed E-state index contributed by atoms with van der Waals surface area (Å²) in [6.45, 7) is 3.90. The topological polar surface area (TPSA) is 63.8 Å². The van der Waals surface area contributed by atoms with Crippen molar-refractivity contribution in [2.45, 2.75) is 32.6 Å². The Balaban J connectivity index is 1.73. The molecule has 0 spiro atoms. The van der Waals surface area contributed by atoms with Gasteiger partial charge in [-0.15, -0.1) is 11.3 Å². The Hall–Kier alpha value is -1.20. The van der Waals surface area contributed by atoms with Gasteiger partial charge in [0.15, 0.2) is 0 Å². The number of aryl methyl sites for hydroxylation is 1. The van der Waals surface area contributed by atoms with Crippen LogP contribution in [0.25, 0.3) is 10.2 Å². The molecular formula is C15H22N4S. The molecule has 3 rings (SSSR count). The standard InChI is InChI=1S/C15H22N4S/c1-10-6-13-14(18-9-19-15(13)20-10)17-8-12-5-3-2-4-11(12)7-16/h6,9,11-12H,2-5,7-8,16H2,1H3,(H,17,18,19). The average Bonchev–Trinajstić information content (AvgIpc) is 2.86. The Kier molecular flexibility index (Phi) is 4.17. The summed E-state index contributed by atoms with van der Waals surface area (Å²) in [6.07, 6.45) is 6.88. The summed E-state index contributed by atoms with van der Waals surface area (Å²) in [6, 6.07) is 2.17. The molecule has 0 radical (unpaired) electrons. The molecule has 1 fully saturated rings. The number of hydrogen-bond acceptors (Lipinski definition) is 5. The number of aromatic nitrogens is 2. The third kappa shape index (κ3) is 2.79. The van der Waals surface area contributed by atoms with Gasteiger partial charge in [0.1, 0.15) is 17.0 Å². The van der Waals surface area contributed by atoms with Crippen LogP contribution in [0.3, 0.4) is 0 Å². The highest BCUT2D eigenvalue weighted by Gasteiger charge is 2.23. The van der Waals surface area contributed by atoms with Gasteiger partial charge in [-0.2, -0.15) is 0 Å². The van der Waals surface area contributed by atoms with Crippen LogP contribution in [0, 0.1) is 18.8 Å². The van der Waals surface area contributed by atoms with E-state index in [1.54, 1.807) is 17.7 Å². The largest absolute Gasteiger partial charge is 0.369 e. The number of hydrogen-bond donors (Lipinski definition) is 2. The lowest BCUT2D eigenvalue weighted by Gasteiger charge is -2.30. The Bertz CT molecular complexity index is 580. The summed E-state index contributed by atoms with van der Waals surface area (Å²) in [4.78, 5) is 11.1. The zero-order chi connectivity index (χ0) is 13.9. The smallest absolute Gasteiger partial charge is 0.138 e. The summed E-state index contributed by atoms with van der Waals surface area (Å²) in [7, 11) is 0. The molecule has 2 aromatic rings. The van der Waals surface area contributed by atoms with E-state index in [4.69, 9.17) is 5.73 Å². The molecule has 0 aliphatic heterocycles. The van der Waals surface area contributed by atoms with Crippen molar-refractivity contribution in [3.8, 4) is 0 Å². The van der Waals surface area contributed by atoms with Crippen molar-refractivity contribution in [3.05, 3.63) is 17.3 Å². The normalized spacial score (nSPS) is 23.1. The van der Waals surface area contributed by atoms with Crippen molar-refractivity contribution in [2.24, 2.45) is 17.6 Å². The molecule has 2 unspecified atom stereocenters. The van der Waals surface area contributed by atoms with Crippen LogP contribution in [0.15, 0.2) is 12.4 Å². The molecule has 108 valence electrons. The first-order valence-corrected chi connectivity index (χ1v) is 8.24. The van der Waals surface area contributed by atoms with Gasteiger partial charge in [-0.25, -0.2) is 9.97 Å². The fourth-order valence-corrected chi connectivity index (χ4v) is 4.06. The van der Waals surface area contributed by atoms with Crippen LogP contribution in [0.2, 0.25) is 0 Å². The first-order chi connectivity index (χ1) is 9.78. The molecule has 2 aromatic heterocycles. The molecule has 0 aromatic carbocycles. The van der Waals surface area contributed by atoms with Crippen molar-refractivity contribution in [1.29, 1.82) is 0 Å². The second-order valence-electron chi connectivity index (χ2n) is 5.72. The van der Waals surface area contributed by atoms with E-state index in [9.17, 15) is 0 Å². The molecule has 2 heterocycles. The van der Waals surface area contributed by atoms with Crippen LogP contribution in [-0.4, -0.2) is 23.1 Å². The van der Waals surface area contributed by atoms with E-state index in [1.807, 2.05) is 0 Å². The number of nitrogens with zero attached hydrogens (tertiary/aromatic N) is 2. The van der Waals surface area contributed by atoms with E-state index in [0.29, 0.717) is 11.8 Å². The monoisotopic (exact) mass is 290 g/mol. The highest BCUT2D eigenvalue weighted by Crippen LogP contribution is 2.31. The van der Waals surface area contributed by atoms with Crippen LogP contribution >= 0.6 is 11.3 Å². The molecule has 1 aliphatic carbocycles. The van der Waals surface area contributed by atoms with E-state index in [0.717, 1.165) is 29.1 Å². The molecule has 0 bridgehead atoms. The molecule has 0 amide bonds. The first kappa shape index (κ1) is 13.8. The molecule has 3 N–H and O–H groups in total. The van der Waals surface area contributed by atoms with Gasteiger partial charge >= 0.3 is 0 Å². The summed E-state index contributed by atoms with van der Waals surface area (Å²) in [5, 5.41) is 4.68. The van der Waals surface area contributed by atoms with Gasteiger partial charge in [-0.3, -0.25) is 0 Å². The highest BCUT2D eigenvalue weighted by atomic mass is 32.1. The minimum Gasteiger partial charge on any atom is -0.369 e. The summed E-state index contributed by atoms with van der Waals surface area (Å²) in [5.41, 5.74) is 5.90. The summed E-state index contributed by atoms with van der Waals surface area (Å²) >= 11 is 1.72. The van der Waals surface area contributed by atoms with Crippen molar-refractivity contribution >= 4 is 27.4 Å². The first-order valence-electron chi connectivity index (χ1n) is 7.43. The quantitative estimate of drug-likeness (QED) is 0.907.